The molecule has 0 bridgehead atoms. The van der Waals surface area contributed by atoms with Crippen LogP contribution in [0.4, 0.5) is 0 Å². The second kappa shape index (κ2) is 7.46. The van der Waals surface area contributed by atoms with Crippen LogP contribution in [0.3, 0.4) is 0 Å². The van der Waals surface area contributed by atoms with Crippen LogP contribution in [0.5, 0.6) is 11.5 Å². The van der Waals surface area contributed by atoms with Gasteiger partial charge in [0.05, 0.1) is 7.11 Å². The zero-order chi connectivity index (χ0) is 17.1. The van der Waals surface area contributed by atoms with Crippen molar-refractivity contribution in [3.63, 3.8) is 0 Å². The van der Waals surface area contributed by atoms with E-state index < -0.39 is 0 Å². The number of rotatable bonds is 6. The number of hydrogen-bond acceptors (Lipinski definition) is 4. The summed E-state index contributed by atoms with van der Waals surface area (Å²) in [7, 11) is 1.72. The van der Waals surface area contributed by atoms with Crippen LogP contribution in [0.25, 0.3) is 10.1 Å². The van der Waals surface area contributed by atoms with E-state index in [1.165, 1.54) is 21.2 Å². The lowest BCUT2D eigenvalue weighted by Gasteiger charge is -2.27. The van der Waals surface area contributed by atoms with Crippen molar-refractivity contribution in [3.05, 3.63) is 59.0 Å². The fraction of sp³-hybridized carbons (Fsp3) is 0.333. The summed E-state index contributed by atoms with van der Waals surface area (Å²) in [5.74, 6) is 1.89. The third-order valence-corrected chi connectivity index (χ3v) is 5.83. The number of methoxy groups -OCH3 is 1. The molecule has 0 spiro atoms. The van der Waals surface area contributed by atoms with E-state index in [1.54, 1.807) is 7.11 Å². The molecular formula is C21H23NO2S. The molecule has 3 aromatic rings. The number of aryl methyl sites for hydroxylation is 1. The Balaban J connectivity index is 1.31. The highest BCUT2D eigenvalue weighted by atomic mass is 32.1. The van der Waals surface area contributed by atoms with E-state index in [9.17, 15) is 0 Å². The number of benzene rings is 2. The van der Waals surface area contributed by atoms with Crippen LogP contribution < -0.4 is 14.8 Å². The van der Waals surface area contributed by atoms with Crippen molar-refractivity contribution in [2.75, 3.05) is 20.3 Å². The highest BCUT2D eigenvalue weighted by Gasteiger charge is 2.22. The summed E-state index contributed by atoms with van der Waals surface area (Å²) in [6, 6.07) is 15.0. The van der Waals surface area contributed by atoms with E-state index in [4.69, 9.17) is 9.47 Å². The molecule has 2 aromatic carbocycles. The molecule has 0 fully saturated rings. The largest absolute Gasteiger partial charge is 0.496 e. The zero-order valence-corrected chi connectivity index (χ0v) is 15.3. The van der Waals surface area contributed by atoms with Gasteiger partial charge in [0.15, 0.2) is 0 Å². The molecule has 25 heavy (non-hydrogen) atoms. The molecule has 0 amide bonds. The van der Waals surface area contributed by atoms with Crippen LogP contribution >= 0.6 is 11.3 Å². The van der Waals surface area contributed by atoms with E-state index in [-0.39, 0.29) is 0 Å². The van der Waals surface area contributed by atoms with Gasteiger partial charge in [0.25, 0.3) is 0 Å². The minimum absolute atomic E-state index is 0.350. The quantitative estimate of drug-likeness (QED) is 0.665. The lowest BCUT2D eigenvalue weighted by Crippen LogP contribution is -2.40. The molecule has 0 radical (unpaired) electrons. The Hall–Kier alpha value is -2.04. The van der Waals surface area contributed by atoms with Crippen LogP contribution in [0.2, 0.25) is 0 Å². The average molecular weight is 353 g/mol. The Morgan fingerprint density at radius 3 is 3.04 bits per heavy atom. The fourth-order valence-corrected chi connectivity index (χ4v) is 4.51. The second-order valence-corrected chi connectivity index (χ2v) is 7.38. The Morgan fingerprint density at radius 2 is 2.12 bits per heavy atom. The van der Waals surface area contributed by atoms with Crippen molar-refractivity contribution in [2.45, 2.75) is 25.3 Å². The highest BCUT2D eigenvalue weighted by molar-refractivity contribution is 7.17. The maximum atomic E-state index is 5.90. The molecule has 0 saturated carbocycles. The average Bonchev–Trinajstić information content (AvgIpc) is 3.08. The molecule has 1 unspecified atom stereocenters. The fourth-order valence-electron chi connectivity index (χ4n) is 3.51. The summed E-state index contributed by atoms with van der Waals surface area (Å²) in [5.41, 5.74) is 2.65. The predicted molar refractivity (Wildman–Crippen MR) is 104 cm³/mol. The normalized spacial score (nSPS) is 16.4. The van der Waals surface area contributed by atoms with Crippen molar-refractivity contribution < 1.29 is 9.47 Å². The molecule has 4 heteroatoms. The molecule has 1 atom stereocenters. The van der Waals surface area contributed by atoms with Gasteiger partial charge < -0.3 is 14.8 Å². The molecule has 0 aliphatic carbocycles. The lowest BCUT2D eigenvalue weighted by atomic mass is 10.0. The number of nitrogens with one attached hydrogen (secondary N) is 1. The Bertz CT molecular complexity index is 844. The molecule has 0 saturated heterocycles. The maximum Gasteiger partial charge on any atom is 0.126 e. The first-order chi connectivity index (χ1) is 12.3. The van der Waals surface area contributed by atoms with E-state index >= 15 is 0 Å². The van der Waals surface area contributed by atoms with Crippen LogP contribution in [0, 0.1) is 0 Å². The summed E-state index contributed by atoms with van der Waals surface area (Å²) in [4.78, 5) is 0. The maximum absolute atomic E-state index is 5.90. The van der Waals surface area contributed by atoms with Crippen molar-refractivity contribution in [3.8, 4) is 11.5 Å². The topological polar surface area (TPSA) is 30.5 Å². The molecule has 130 valence electrons. The summed E-state index contributed by atoms with van der Waals surface area (Å²) in [6.45, 7) is 1.73. The third kappa shape index (κ3) is 3.51. The molecule has 4 rings (SSSR count). The first kappa shape index (κ1) is 16.4. The van der Waals surface area contributed by atoms with Gasteiger partial charge in [0, 0.05) is 16.3 Å². The summed E-state index contributed by atoms with van der Waals surface area (Å²) in [6.07, 6.45) is 3.21. The molecule has 3 nitrogen and oxygen atoms in total. The Morgan fingerprint density at radius 1 is 1.20 bits per heavy atom. The van der Waals surface area contributed by atoms with Gasteiger partial charge in [-0.3, -0.25) is 0 Å². The molecule has 2 heterocycles. The van der Waals surface area contributed by atoms with Gasteiger partial charge in [0.1, 0.15) is 18.1 Å². The molecule has 1 aliphatic heterocycles. The summed E-state index contributed by atoms with van der Waals surface area (Å²) in [5, 5.41) is 7.36. The van der Waals surface area contributed by atoms with Crippen LogP contribution in [-0.2, 0) is 12.8 Å². The molecular weight excluding hydrogens is 330 g/mol. The number of hydrogen-bond donors (Lipinski definition) is 1. The van der Waals surface area contributed by atoms with E-state index in [2.05, 4.69) is 35.0 Å². The highest BCUT2D eigenvalue weighted by Crippen LogP contribution is 2.32. The number of thiophene rings is 1. The van der Waals surface area contributed by atoms with Gasteiger partial charge in [-0.2, -0.15) is 0 Å². The number of ether oxygens (including phenoxy) is 2. The van der Waals surface area contributed by atoms with Crippen molar-refractivity contribution in [1.29, 1.82) is 0 Å². The smallest absolute Gasteiger partial charge is 0.126 e. The first-order valence-electron chi connectivity index (χ1n) is 8.82. The monoisotopic (exact) mass is 353 g/mol. The summed E-state index contributed by atoms with van der Waals surface area (Å²) >= 11 is 1.84. The van der Waals surface area contributed by atoms with Crippen LogP contribution in [0.15, 0.2) is 47.8 Å². The molecule has 1 aliphatic rings. The summed E-state index contributed by atoms with van der Waals surface area (Å²) < 4.78 is 12.8. The minimum atomic E-state index is 0.350. The molecule has 1 N–H and O–H groups in total. The Kier molecular flexibility index (Phi) is 4.90. The van der Waals surface area contributed by atoms with Gasteiger partial charge in [0.2, 0.25) is 0 Å². The van der Waals surface area contributed by atoms with E-state index in [0.717, 1.165) is 43.9 Å². The Labute approximate surface area is 152 Å². The van der Waals surface area contributed by atoms with Gasteiger partial charge >= 0.3 is 0 Å². The van der Waals surface area contributed by atoms with Gasteiger partial charge in [-0.15, -0.1) is 11.3 Å². The van der Waals surface area contributed by atoms with Crippen LogP contribution in [0.1, 0.15) is 17.5 Å². The minimum Gasteiger partial charge on any atom is -0.496 e. The van der Waals surface area contributed by atoms with Gasteiger partial charge in [-0.1, -0.05) is 24.3 Å². The van der Waals surface area contributed by atoms with Crippen molar-refractivity contribution >= 4 is 21.4 Å². The zero-order valence-electron chi connectivity index (χ0n) is 14.5. The van der Waals surface area contributed by atoms with Crippen molar-refractivity contribution in [1.82, 2.24) is 5.32 Å². The molecule has 1 aromatic heterocycles. The first-order valence-corrected chi connectivity index (χ1v) is 9.70. The van der Waals surface area contributed by atoms with Crippen LogP contribution in [-0.4, -0.2) is 26.3 Å². The number of fused-ring (bicyclic) bond motifs is 2. The van der Waals surface area contributed by atoms with Crippen molar-refractivity contribution in [2.24, 2.45) is 0 Å². The lowest BCUT2D eigenvalue weighted by molar-refractivity contribution is 0.234. The van der Waals surface area contributed by atoms with E-state index in [0.29, 0.717) is 6.04 Å². The third-order valence-electron chi connectivity index (χ3n) is 4.82. The van der Waals surface area contributed by atoms with E-state index in [1.807, 2.05) is 29.5 Å². The second-order valence-electron chi connectivity index (χ2n) is 6.46. The van der Waals surface area contributed by atoms with Gasteiger partial charge in [-0.05, 0) is 60.3 Å². The SMILES string of the molecule is COc1cccc2c1CC(NCCCc1csc3ccccc13)CO2. The standard InChI is InChI=1S/C21H23NO2S/c1-23-19-8-4-9-20-18(19)12-16(13-24-20)22-11-5-6-15-14-25-21-10-3-2-7-17(15)21/h2-4,7-10,14,16,22H,5-6,11-13H2,1H3. The van der Waals surface area contributed by atoms with Gasteiger partial charge in [-0.25, -0.2) is 0 Å². The predicted octanol–water partition coefficient (Wildman–Crippen LogP) is 4.44.